The van der Waals surface area contributed by atoms with Crippen molar-refractivity contribution in [3.8, 4) is 5.75 Å². The third kappa shape index (κ3) is 1.36. The van der Waals surface area contributed by atoms with E-state index in [4.69, 9.17) is 4.74 Å². The third-order valence-corrected chi connectivity index (χ3v) is 2.79. The van der Waals surface area contributed by atoms with Crippen molar-refractivity contribution in [3.63, 3.8) is 0 Å². The summed E-state index contributed by atoms with van der Waals surface area (Å²) in [4.78, 5) is 23.5. The maximum Gasteiger partial charge on any atom is 0.234 e. The van der Waals surface area contributed by atoms with Gasteiger partial charge < -0.3 is 4.74 Å². The standard InChI is InChI=1S/C13H12O3/c1-7-4-5-10(16-3)9-6-8(2)12(14)13(15)11(7)9/h4-6H,1-3H3. The normalized spacial score (nSPS) is 14.6. The molecule has 3 nitrogen and oxygen atoms in total. The summed E-state index contributed by atoms with van der Waals surface area (Å²) in [5, 5.41) is 0. The lowest BCUT2D eigenvalue weighted by atomic mass is 9.87. The molecule has 0 aliphatic heterocycles. The molecular weight excluding hydrogens is 204 g/mol. The zero-order valence-corrected chi connectivity index (χ0v) is 9.46. The van der Waals surface area contributed by atoms with Crippen molar-refractivity contribution >= 4 is 17.6 Å². The average Bonchev–Trinajstić information content (AvgIpc) is 2.26. The largest absolute Gasteiger partial charge is 0.496 e. The first-order chi connectivity index (χ1) is 7.56. The Bertz CT molecular complexity index is 524. The molecular formula is C13H12O3. The van der Waals surface area contributed by atoms with Crippen molar-refractivity contribution in [2.24, 2.45) is 0 Å². The molecule has 82 valence electrons. The van der Waals surface area contributed by atoms with Gasteiger partial charge in [-0.05, 0) is 31.6 Å². The van der Waals surface area contributed by atoms with Crippen LogP contribution in [0.3, 0.4) is 0 Å². The molecule has 1 aliphatic carbocycles. The summed E-state index contributed by atoms with van der Waals surface area (Å²) in [5.74, 6) is -0.240. The zero-order chi connectivity index (χ0) is 11.9. The number of Topliss-reactive ketones (excluding diaryl/α,β-unsaturated/α-hetero) is 2. The molecule has 0 aromatic heterocycles. The fourth-order valence-electron chi connectivity index (χ4n) is 1.91. The van der Waals surface area contributed by atoms with Crippen LogP contribution in [0.4, 0.5) is 0 Å². The molecule has 0 saturated carbocycles. The second-order valence-corrected chi connectivity index (χ2v) is 3.86. The molecule has 0 unspecified atom stereocenters. The van der Waals surface area contributed by atoms with E-state index in [9.17, 15) is 9.59 Å². The van der Waals surface area contributed by atoms with Crippen LogP contribution in [0.5, 0.6) is 5.75 Å². The molecule has 1 aromatic carbocycles. The minimum absolute atomic E-state index is 0.427. The van der Waals surface area contributed by atoms with Gasteiger partial charge in [0.15, 0.2) is 0 Å². The molecule has 2 rings (SSSR count). The topological polar surface area (TPSA) is 43.4 Å². The van der Waals surface area contributed by atoms with Gasteiger partial charge >= 0.3 is 0 Å². The SMILES string of the molecule is COc1ccc(C)c2c1C=C(C)C(=O)C2=O. The molecule has 0 N–H and O–H groups in total. The second-order valence-electron chi connectivity index (χ2n) is 3.86. The van der Waals surface area contributed by atoms with Crippen molar-refractivity contribution in [1.82, 2.24) is 0 Å². The van der Waals surface area contributed by atoms with E-state index >= 15 is 0 Å². The Hall–Kier alpha value is -1.90. The van der Waals surface area contributed by atoms with E-state index in [1.165, 1.54) is 0 Å². The first-order valence-electron chi connectivity index (χ1n) is 5.01. The van der Waals surface area contributed by atoms with Gasteiger partial charge in [0.05, 0.1) is 7.11 Å². The Morgan fingerprint density at radius 1 is 1.06 bits per heavy atom. The Morgan fingerprint density at radius 3 is 2.38 bits per heavy atom. The first-order valence-corrected chi connectivity index (χ1v) is 5.01. The summed E-state index contributed by atoms with van der Waals surface area (Å²) in [5.41, 5.74) is 2.44. The maximum atomic E-state index is 11.9. The highest BCUT2D eigenvalue weighted by Crippen LogP contribution is 2.31. The summed E-state index contributed by atoms with van der Waals surface area (Å²) < 4.78 is 5.19. The van der Waals surface area contributed by atoms with Crippen LogP contribution >= 0.6 is 0 Å². The maximum absolute atomic E-state index is 11.9. The number of fused-ring (bicyclic) bond motifs is 1. The molecule has 0 saturated heterocycles. The van der Waals surface area contributed by atoms with Crippen LogP contribution in [-0.4, -0.2) is 18.7 Å². The van der Waals surface area contributed by atoms with E-state index in [1.54, 1.807) is 32.2 Å². The molecule has 0 fully saturated rings. The van der Waals surface area contributed by atoms with E-state index in [-0.39, 0.29) is 0 Å². The van der Waals surface area contributed by atoms with Crippen LogP contribution in [0.2, 0.25) is 0 Å². The predicted molar refractivity (Wildman–Crippen MR) is 60.7 cm³/mol. The monoisotopic (exact) mass is 216 g/mol. The molecule has 1 aliphatic rings. The Kier molecular flexibility index (Phi) is 2.38. The summed E-state index contributed by atoms with van der Waals surface area (Å²) in [7, 11) is 1.55. The van der Waals surface area contributed by atoms with Gasteiger partial charge in [-0.15, -0.1) is 0 Å². The molecule has 0 heterocycles. The van der Waals surface area contributed by atoms with Gasteiger partial charge in [0.25, 0.3) is 0 Å². The molecule has 0 atom stereocenters. The molecule has 1 aromatic rings. The predicted octanol–water partition coefficient (Wildman–Crippen LogP) is 2.17. The van der Waals surface area contributed by atoms with Crippen molar-refractivity contribution in [3.05, 3.63) is 34.4 Å². The van der Waals surface area contributed by atoms with Gasteiger partial charge in [0, 0.05) is 16.7 Å². The minimum atomic E-state index is -0.439. The highest BCUT2D eigenvalue weighted by Gasteiger charge is 2.28. The number of carbonyl (C=O) groups excluding carboxylic acids is 2. The van der Waals surface area contributed by atoms with E-state index in [0.717, 1.165) is 5.56 Å². The van der Waals surface area contributed by atoms with Gasteiger partial charge in [-0.1, -0.05) is 6.07 Å². The second kappa shape index (κ2) is 3.59. The Morgan fingerprint density at radius 2 is 1.75 bits per heavy atom. The molecule has 0 radical (unpaired) electrons. The lowest BCUT2D eigenvalue weighted by Gasteiger charge is -2.17. The molecule has 16 heavy (non-hydrogen) atoms. The summed E-state index contributed by atoms with van der Waals surface area (Å²) in [6, 6.07) is 3.60. The van der Waals surface area contributed by atoms with Crippen molar-refractivity contribution in [2.75, 3.05) is 7.11 Å². The van der Waals surface area contributed by atoms with Crippen molar-refractivity contribution in [1.29, 1.82) is 0 Å². The number of hydrogen-bond acceptors (Lipinski definition) is 3. The molecule has 0 spiro atoms. The number of carbonyl (C=O) groups is 2. The highest BCUT2D eigenvalue weighted by atomic mass is 16.5. The lowest BCUT2D eigenvalue weighted by molar-refractivity contribution is -0.111. The average molecular weight is 216 g/mol. The first kappa shape index (κ1) is 10.6. The number of rotatable bonds is 1. The highest BCUT2D eigenvalue weighted by molar-refractivity contribution is 6.52. The van der Waals surface area contributed by atoms with Crippen LogP contribution in [0.15, 0.2) is 17.7 Å². The van der Waals surface area contributed by atoms with Crippen LogP contribution in [0.25, 0.3) is 6.08 Å². The number of methoxy groups -OCH3 is 1. The summed E-state index contributed by atoms with van der Waals surface area (Å²) in [6.07, 6.45) is 1.71. The minimum Gasteiger partial charge on any atom is -0.496 e. The number of allylic oxidation sites excluding steroid dienone is 1. The number of ketones is 2. The van der Waals surface area contributed by atoms with E-state index in [0.29, 0.717) is 22.4 Å². The fourth-order valence-corrected chi connectivity index (χ4v) is 1.91. The van der Waals surface area contributed by atoms with E-state index < -0.39 is 11.6 Å². The van der Waals surface area contributed by atoms with Gasteiger partial charge in [0.1, 0.15) is 5.75 Å². The Balaban J connectivity index is 2.79. The summed E-state index contributed by atoms with van der Waals surface area (Å²) in [6.45, 7) is 3.46. The molecule has 0 amide bonds. The van der Waals surface area contributed by atoms with Gasteiger partial charge in [-0.25, -0.2) is 0 Å². The number of hydrogen-bond donors (Lipinski definition) is 0. The van der Waals surface area contributed by atoms with Gasteiger partial charge in [-0.3, -0.25) is 9.59 Å². The van der Waals surface area contributed by atoms with E-state index in [1.807, 2.05) is 6.92 Å². The van der Waals surface area contributed by atoms with Crippen LogP contribution < -0.4 is 4.74 Å². The van der Waals surface area contributed by atoms with Crippen molar-refractivity contribution < 1.29 is 14.3 Å². The van der Waals surface area contributed by atoms with Crippen LogP contribution in [0.1, 0.15) is 28.4 Å². The smallest absolute Gasteiger partial charge is 0.234 e. The van der Waals surface area contributed by atoms with Crippen LogP contribution in [-0.2, 0) is 4.79 Å². The quantitative estimate of drug-likeness (QED) is 0.676. The third-order valence-electron chi connectivity index (χ3n) is 2.79. The van der Waals surface area contributed by atoms with E-state index in [2.05, 4.69) is 0 Å². The van der Waals surface area contributed by atoms with Gasteiger partial charge in [0.2, 0.25) is 11.6 Å². The Labute approximate surface area is 93.7 Å². The lowest BCUT2D eigenvalue weighted by Crippen LogP contribution is -2.21. The zero-order valence-electron chi connectivity index (χ0n) is 9.46. The number of benzene rings is 1. The van der Waals surface area contributed by atoms with Gasteiger partial charge in [-0.2, -0.15) is 0 Å². The molecule has 3 heteroatoms. The van der Waals surface area contributed by atoms with Crippen molar-refractivity contribution in [2.45, 2.75) is 13.8 Å². The number of aryl methyl sites for hydroxylation is 1. The van der Waals surface area contributed by atoms with Crippen LogP contribution in [0, 0.1) is 6.92 Å². The summed E-state index contributed by atoms with van der Waals surface area (Å²) >= 11 is 0. The molecule has 0 bridgehead atoms. The fraction of sp³-hybridized carbons (Fsp3) is 0.231. The number of ether oxygens (including phenoxy) is 1.